The maximum atomic E-state index is 12.5. The molecule has 10 radical (unpaired) electrons. The SMILES string of the molecule is COc1cccc(C(=O)Nc2nc([C]3[CH][CH][CH][CH]3)c(-n3cncn3)s2)c1.[CH]1[CH][CH][CH][CH]1.[Fe+2]. The predicted molar refractivity (Wildman–Crippen MR) is 119 cm³/mol. The van der Waals surface area contributed by atoms with Crippen LogP contribution in [0.25, 0.3) is 5.00 Å². The maximum Gasteiger partial charge on any atom is 2.00 e. The molecule has 0 unspecified atom stereocenters. The van der Waals surface area contributed by atoms with Gasteiger partial charge in [0.1, 0.15) is 23.4 Å². The largest absolute Gasteiger partial charge is 2.00 e. The molecule has 2 aromatic heterocycles. The number of benzene rings is 1. The smallest absolute Gasteiger partial charge is 0.497 e. The Morgan fingerprint density at radius 1 is 1.06 bits per heavy atom. The molecular weight excluding hydrogens is 466 g/mol. The number of ether oxygens (including phenoxy) is 1. The van der Waals surface area contributed by atoms with Crippen molar-refractivity contribution >= 4 is 22.4 Å². The molecule has 2 aliphatic carbocycles. The second-order valence-electron chi connectivity index (χ2n) is 6.33. The van der Waals surface area contributed by atoms with E-state index in [0.717, 1.165) is 16.6 Å². The van der Waals surface area contributed by atoms with Crippen molar-refractivity contribution in [1.29, 1.82) is 0 Å². The fraction of sp³-hybridized carbons (Fsp3) is 0.0435. The fourth-order valence-corrected chi connectivity index (χ4v) is 3.72. The second kappa shape index (κ2) is 12.1. The van der Waals surface area contributed by atoms with Gasteiger partial charge in [-0.2, -0.15) is 5.10 Å². The first kappa shape index (κ1) is 24.4. The van der Waals surface area contributed by atoms with Gasteiger partial charge >= 0.3 is 17.1 Å². The minimum atomic E-state index is -0.253. The van der Waals surface area contributed by atoms with Crippen molar-refractivity contribution < 1.29 is 26.6 Å². The first-order valence-electron chi connectivity index (χ1n) is 9.44. The van der Waals surface area contributed by atoms with Crippen LogP contribution in [0.1, 0.15) is 16.1 Å². The van der Waals surface area contributed by atoms with Gasteiger partial charge in [-0.15, -0.1) is 0 Å². The monoisotopic (exact) mass is 485 g/mol. The van der Waals surface area contributed by atoms with Crippen LogP contribution in [0.15, 0.2) is 36.9 Å². The summed E-state index contributed by atoms with van der Waals surface area (Å²) in [7, 11) is 1.56. The van der Waals surface area contributed by atoms with E-state index in [4.69, 9.17) is 4.74 Å². The van der Waals surface area contributed by atoms with Gasteiger partial charge in [-0.1, -0.05) is 17.4 Å². The number of rotatable bonds is 5. The quantitative estimate of drug-likeness (QED) is 0.557. The average Bonchev–Trinajstić information content (AvgIpc) is 3.59. The molecule has 160 valence electrons. The van der Waals surface area contributed by atoms with E-state index in [-0.39, 0.29) is 23.0 Å². The summed E-state index contributed by atoms with van der Waals surface area (Å²) in [5, 5.41) is 8.30. The number of carbonyl (C=O) groups is 1. The second-order valence-corrected chi connectivity index (χ2v) is 7.31. The van der Waals surface area contributed by atoms with Crippen molar-refractivity contribution in [1.82, 2.24) is 19.7 Å². The van der Waals surface area contributed by atoms with Gasteiger partial charge in [0, 0.05) is 11.5 Å². The molecule has 2 heterocycles. The molecular formula is C23H19FeN5O2S+2. The number of thiazole rings is 1. The van der Waals surface area contributed by atoms with Gasteiger partial charge in [-0.3, -0.25) is 10.1 Å². The number of aromatic nitrogens is 4. The Balaban J connectivity index is 0.000000427. The number of carbonyl (C=O) groups excluding carboxylic acids is 1. The molecule has 3 aromatic rings. The van der Waals surface area contributed by atoms with E-state index in [1.54, 1.807) is 42.4 Å². The minimum absolute atomic E-state index is 0. The molecule has 2 aliphatic rings. The first-order valence-corrected chi connectivity index (χ1v) is 10.3. The van der Waals surface area contributed by atoms with Crippen LogP contribution in [0, 0.1) is 63.7 Å². The summed E-state index contributed by atoms with van der Waals surface area (Å²) in [6, 6.07) is 6.96. The standard InChI is InChI=1S/C18H14N5O2S.C5H5.Fe/c1-25-14-8-4-7-13(9-14)16(24)22-18-21-15(12-5-2-3-6-12)17(26-18)23-11-19-10-20-23;1-2-4-5-3-1;/h2-11H,1H3,(H,21,22,24);1-5H;/q;;+2. The number of hydrogen-bond acceptors (Lipinski definition) is 6. The topological polar surface area (TPSA) is 81.9 Å². The van der Waals surface area contributed by atoms with Crippen molar-refractivity contribution in [2.45, 2.75) is 0 Å². The molecule has 1 aromatic carbocycles. The molecule has 0 atom stereocenters. The van der Waals surface area contributed by atoms with Crippen molar-refractivity contribution in [2.75, 3.05) is 12.4 Å². The molecule has 0 spiro atoms. The average molecular weight is 485 g/mol. The van der Waals surface area contributed by atoms with Gasteiger partial charge in [0.25, 0.3) is 5.91 Å². The molecule has 1 amide bonds. The predicted octanol–water partition coefficient (Wildman–Crippen LogP) is 3.76. The first-order chi connectivity index (χ1) is 15.2. The number of nitrogens with one attached hydrogen (secondary N) is 1. The number of hydrogen-bond donors (Lipinski definition) is 1. The summed E-state index contributed by atoms with van der Waals surface area (Å²) in [5.74, 6) is 1.32. The van der Waals surface area contributed by atoms with Crippen LogP contribution >= 0.6 is 11.3 Å². The summed E-state index contributed by atoms with van der Waals surface area (Å²) < 4.78 is 6.80. The van der Waals surface area contributed by atoms with E-state index < -0.39 is 0 Å². The Labute approximate surface area is 203 Å². The van der Waals surface area contributed by atoms with Crippen LogP contribution in [0.5, 0.6) is 5.75 Å². The number of amides is 1. The summed E-state index contributed by atoms with van der Waals surface area (Å²) in [6.07, 6.45) is 20.9. The number of methoxy groups -OCH3 is 1. The zero-order chi connectivity index (χ0) is 21.5. The summed E-state index contributed by atoms with van der Waals surface area (Å²) >= 11 is 1.33. The van der Waals surface area contributed by atoms with Crippen LogP contribution in [0.3, 0.4) is 0 Å². The summed E-state index contributed by atoms with van der Waals surface area (Å²) in [4.78, 5) is 21.1. The van der Waals surface area contributed by atoms with Crippen LogP contribution in [0.2, 0.25) is 0 Å². The van der Waals surface area contributed by atoms with Crippen molar-refractivity contribution in [3.63, 3.8) is 0 Å². The maximum absolute atomic E-state index is 12.5. The van der Waals surface area contributed by atoms with Gasteiger partial charge in [-0.05, 0) is 76.0 Å². The molecule has 2 saturated carbocycles. The normalized spacial score (nSPS) is 15.5. The zero-order valence-corrected chi connectivity index (χ0v) is 18.9. The van der Waals surface area contributed by atoms with Crippen molar-refractivity contribution in [3.05, 3.63) is 112 Å². The minimum Gasteiger partial charge on any atom is -0.497 e. The van der Waals surface area contributed by atoms with Crippen molar-refractivity contribution in [2.24, 2.45) is 0 Å². The van der Waals surface area contributed by atoms with E-state index in [0.29, 0.717) is 16.4 Å². The Morgan fingerprint density at radius 2 is 1.78 bits per heavy atom. The Kier molecular flexibility index (Phi) is 9.26. The zero-order valence-electron chi connectivity index (χ0n) is 17.0. The molecule has 0 aliphatic heterocycles. The van der Waals surface area contributed by atoms with Crippen LogP contribution in [0.4, 0.5) is 5.13 Å². The third kappa shape index (κ3) is 6.18. The molecule has 5 rings (SSSR count). The van der Waals surface area contributed by atoms with Gasteiger partial charge in [0.2, 0.25) is 0 Å². The molecule has 2 fully saturated rings. The molecule has 32 heavy (non-hydrogen) atoms. The van der Waals surface area contributed by atoms with Gasteiger partial charge in [-0.25, -0.2) is 14.6 Å². The summed E-state index contributed by atoms with van der Waals surface area (Å²) in [6.45, 7) is 0. The Hall–Kier alpha value is -2.22. The van der Waals surface area contributed by atoms with E-state index in [1.165, 1.54) is 17.7 Å². The fourth-order valence-electron chi connectivity index (χ4n) is 2.81. The Morgan fingerprint density at radius 3 is 2.41 bits per heavy atom. The van der Waals surface area contributed by atoms with Gasteiger partial charge in [0.15, 0.2) is 5.13 Å². The van der Waals surface area contributed by atoms with Gasteiger partial charge < -0.3 is 4.74 Å². The molecule has 0 saturated heterocycles. The van der Waals surface area contributed by atoms with E-state index in [2.05, 4.69) is 20.4 Å². The number of anilines is 1. The molecule has 0 bridgehead atoms. The van der Waals surface area contributed by atoms with Crippen LogP contribution < -0.4 is 10.1 Å². The number of nitrogens with zero attached hydrogens (tertiary/aromatic N) is 4. The van der Waals surface area contributed by atoms with Crippen molar-refractivity contribution in [3.8, 4) is 10.8 Å². The van der Waals surface area contributed by atoms with E-state index in [1.807, 2.05) is 57.8 Å². The molecule has 1 N–H and O–H groups in total. The van der Waals surface area contributed by atoms with E-state index >= 15 is 0 Å². The molecule has 9 heteroatoms. The Bertz CT molecular complexity index is 975. The van der Waals surface area contributed by atoms with E-state index in [9.17, 15) is 4.79 Å². The van der Waals surface area contributed by atoms with Crippen LogP contribution in [-0.2, 0) is 17.1 Å². The van der Waals surface area contributed by atoms with Gasteiger partial charge in [0.05, 0.1) is 12.8 Å². The third-order valence-electron chi connectivity index (χ3n) is 4.28. The van der Waals surface area contributed by atoms with Crippen LogP contribution in [-0.4, -0.2) is 32.8 Å². The summed E-state index contributed by atoms with van der Waals surface area (Å²) in [5.41, 5.74) is 1.24. The third-order valence-corrected chi connectivity index (χ3v) is 5.24. The molecule has 7 nitrogen and oxygen atoms in total.